The number of hydrogen-bond acceptors (Lipinski definition) is 8. The Hall–Kier alpha value is -3.82. The minimum atomic E-state index is 0.0633. The van der Waals surface area contributed by atoms with Gasteiger partial charge in [-0.1, -0.05) is 29.6 Å². The van der Waals surface area contributed by atoms with Crippen LogP contribution in [0.25, 0.3) is 22.4 Å². The number of nitrogens with one attached hydrogen (secondary N) is 2. The van der Waals surface area contributed by atoms with Crippen molar-refractivity contribution in [1.82, 2.24) is 25.2 Å². The first-order valence-corrected chi connectivity index (χ1v) is 11.5. The summed E-state index contributed by atoms with van der Waals surface area (Å²) >= 11 is 1.48. The van der Waals surface area contributed by atoms with Crippen molar-refractivity contribution >= 4 is 56.4 Å². The minimum Gasteiger partial charge on any atom is -0.375 e. The molecule has 0 aliphatic carbocycles. The number of carbonyl (C=O) groups excluding carboxylic acids is 1. The lowest BCUT2D eigenvalue weighted by Crippen LogP contribution is -2.46. The largest absolute Gasteiger partial charge is 0.375 e. The average molecular weight is 458 g/mol. The molecule has 0 radical (unpaired) electrons. The zero-order valence-electron chi connectivity index (χ0n) is 17.9. The van der Waals surface area contributed by atoms with Crippen molar-refractivity contribution in [3.63, 3.8) is 0 Å². The summed E-state index contributed by atoms with van der Waals surface area (Å²) in [6, 6.07) is 13.4. The predicted octanol–water partition coefficient (Wildman–Crippen LogP) is 3.63. The number of benzene rings is 2. The summed E-state index contributed by atoms with van der Waals surface area (Å²) in [7, 11) is 0. The highest BCUT2D eigenvalue weighted by molar-refractivity contribution is 7.22. The van der Waals surface area contributed by atoms with Gasteiger partial charge >= 0.3 is 0 Å². The van der Waals surface area contributed by atoms with Crippen LogP contribution in [0.15, 0.2) is 54.9 Å². The Labute approximate surface area is 195 Å². The quantitative estimate of drug-likeness (QED) is 0.420. The lowest BCUT2D eigenvalue weighted by Gasteiger charge is -2.27. The molecule has 0 saturated carbocycles. The van der Waals surface area contributed by atoms with E-state index in [4.69, 9.17) is 5.73 Å². The van der Waals surface area contributed by atoms with Crippen molar-refractivity contribution in [1.29, 1.82) is 0 Å². The molecule has 4 N–H and O–H groups in total. The van der Waals surface area contributed by atoms with Crippen LogP contribution in [-0.2, 0) is 0 Å². The van der Waals surface area contributed by atoms with Crippen LogP contribution >= 0.6 is 11.3 Å². The third-order valence-corrected chi connectivity index (χ3v) is 6.21. The lowest BCUT2D eigenvalue weighted by atomic mass is 10.1. The van der Waals surface area contributed by atoms with Crippen LogP contribution < -0.4 is 16.4 Å². The average Bonchev–Trinajstić information content (AvgIpc) is 3.23. The Bertz CT molecular complexity index is 1290. The second kappa shape index (κ2) is 9.35. The summed E-state index contributed by atoms with van der Waals surface area (Å²) in [4.78, 5) is 27.5. The number of nitrogens with zero attached hydrogens (tertiary/aromatic N) is 4. The van der Waals surface area contributed by atoms with Crippen molar-refractivity contribution in [2.75, 3.05) is 37.2 Å². The molecule has 166 valence electrons. The van der Waals surface area contributed by atoms with Gasteiger partial charge in [0.1, 0.15) is 0 Å². The summed E-state index contributed by atoms with van der Waals surface area (Å²) in [5.41, 5.74) is 10.1. The van der Waals surface area contributed by atoms with Crippen molar-refractivity contribution in [3.05, 3.63) is 71.5 Å². The van der Waals surface area contributed by atoms with Crippen LogP contribution in [-0.4, -0.2) is 51.9 Å². The van der Waals surface area contributed by atoms with Gasteiger partial charge in [0.25, 0.3) is 5.91 Å². The van der Waals surface area contributed by atoms with Crippen LogP contribution in [0.4, 0.5) is 16.8 Å². The minimum absolute atomic E-state index is 0.0633. The number of amides is 1. The highest BCUT2D eigenvalue weighted by atomic mass is 32.1. The molecule has 1 amide bonds. The van der Waals surface area contributed by atoms with Gasteiger partial charge in [-0.25, -0.2) is 15.0 Å². The van der Waals surface area contributed by atoms with E-state index in [9.17, 15) is 4.79 Å². The SMILES string of the molecule is Nc1nc2ccc(C=Cc3cnc(Nc4ccc(C(=O)N5CCNCC5)cc4)nc3)cc2s1. The molecule has 33 heavy (non-hydrogen) atoms. The summed E-state index contributed by atoms with van der Waals surface area (Å²) in [6.45, 7) is 3.15. The number of hydrogen-bond donors (Lipinski definition) is 3. The maximum Gasteiger partial charge on any atom is 0.253 e. The molecule has 1 aliphatic heterocycles. The monoisotopic (exact) mass is 457 g/mol. The van der Waals surface area contributed by atoms with Gasteiger partial charge in [-0.3, -0.25) is 4.79 Å². The number of carbonyl (C=O) groups is 1. The molecule has 0 unspecified atom stereocenters. The van der Waals surface area contributed by atoms with E-state index >= 15 is 0 Å². The molecule has 0 atom stereocenters. The van der Waals surface area contributed by atoms with Crippen LogP contribution in [0.1, 0.15) is 21.5 Å². The summed E-state index contributed by atoms with van der Waals surface area (Å²) in [6.07, 6.45) is 7.50. The number of thiazole rings is 1. The van der Waals surface area contributed by atoms with E-state index in [1.54, 1.807) is 12.4 Å². The van der Waals surface area contributed by atoms with Gasteiger partial charge < -0.3 is 21.3 Å². The van der Waals surface area contributed by atoms with E-state index in [1.165, 1.54) is 11.3 Å². The molecule has 4 aromatic rings. The molecule has 1 saturated heterocycles. The smallest absolute Gasteiger partial charge is 0.253 e. The Morgan fingerprint density at radius 1 is 1.03 bits per heavy atom. The maximum atomic E-state index is 12.6. The fourth-order valence-corrected chi connectivity index (χ4v) is 4.40. The first-order chi connectivity index (χ1) is 16.1. The van der Waals surface area contributed by atoms with Crippen molar-refractivity contribution in [2.45, 2.75) is 0 Å². The van der Waals surface area contributed by atoms with E-state index in [0.29, 0.717) is 16.6 Å². The predicted molar refractivity (Wildman–Crippen MR) is 133 cm³/mol. The number of aromatic nitrogens is 3. The zero-order chi connectivity index (χ0) is 22.6. The molecule has 9 heteroatoms. The third-order valence-electron chi connectivity index (χ3n) is 5.36. The van der Waals surface area contributed by atoms with Gasteiger partial charge in [-0.15, -0.1) is 0 Å². The first kappa shape index (κ1) is 21.0. The second-order valence-electron chi connectivity index (χ2n) is 7.70. The molecule has 3 heterocycles. The van der Waals surface area contributed by atoms with Crippen molar-refractivity contribution < 1.29 is 4.79 Å². The molecular weight excluding hydrogens is 434 g/mol. The molecule has 1 aliphatic rings. The number of rotatable bonds is 5. The van der Waals surface area contributed by atoms with Crippen LogP contribution in [0.2, 0.25) is 0 Å². The molecule has 5 rings (SSSR count). The highest BCUT2D eigenvalue weighted by Crippen LogP contribution is 2.25. The van der Waals surface area contributed by atoms with Gasteiger partial charge in [0.2, 0.25) is 5.95 Å². The molecule has 2 aromatic heterocycles. The fraction of sp³-hybridized carbons (Fsp3) is 0.167. The van der Waals surface area contributed by atoms with E-state index < -0.39 is 0 Å². The lowest BCUT2D eigenvalue weighted by molar-refractivity contribution is 0.0736. The Morgan fingerprint density at radius 2 is 1.76 bits per heavy atom. The Balaban J connectivity index is 1.21. The van der Waals surface area contributed by atoms with Gasteiger partial charge in [-0.2, -0.15) is 0 Å². The topological polar surface area (TPSA) is 109 Å². The zero-order valence-corrected chi connectivity index (χ0v) is 18.7. The number of piperazine rings is 1. The van der Waals surface area contributed by atoms with E-state index in [1.807, 2.05) is 53.5 Å². The van der Waals surface area contributed by atoms with Crippen LogP contribution in [0, 0.1) is 0 Å². The first-order valence-electron chi connectivity index (χ1n) is 10.7. The van der Waals surface area contributed by atoms with Crippen molar-refractivity contribution in [3.8, 4) is 0 Å². The van der Waals surface area contributed by atoms with E-state index in [-0.39, 0.29) is 5.91 Å². The van der Waals surface area contributed by atoms with E-state index in [0.717, 1.165) is 53.2 Å². The molecular formula is C24H23N7OS. The number of fused-ring (bicyclic) bond motifs is 1. The molecule has 8 nitrogen and oxygen atoms in total. The van der Waals surface area contributed by atoms with Gasteiger partial charge in [0.05, 0.1) is 10.2 Å². The third kappa shape index (κ3) is 5.00. The molecule has 2 aromatic carbocycles. The molecule has 0 spiro atoms. The van der Waals surface area contributed by atoms with E-state index in [2.05, 4.69) is 31.7 Å². The highest BCUT2D eigenvalue weighted by Gasteiger charge is 2.17. The number of nitrogen functional groups attached to an aromatic ring is 1. The number of nitrogens with two attached hydrogens (primary N) is 1. The standard InChI is InChI=1S/C24H23N7OS/c25-23-30-20-8-3-16(13-21(20)33-23)1-2-17-14-27-24(28-15-17)29-19-6-4-18(5-7-19)22(32)31-11-9-26-10-12-31/h1-8,13-15,26H,9-12H2,(H2,25,30)(H,27,28,29). The van der Waals surface area contributed by atoms with Gasteiger partial charge in [-0.05, 0) is 42.0 Å². The van der Waals surface area contributed by atoms with Crippen LogP contribution in [0.3, 0.4) is 0 Å². The Morgan fingerprint density at radius 3 is 2.52 bits per heavy atom. The fourth-order valence-electron chi connectivity index (χ4n) is 3.62. The summed E-state index contributed by atoms with van der Waals surface area (Å²) in [5, 5.41) is 7.00. The summed E-state index contributed by atoms with van der Waals surface area (Å²) in [5.74, 6) is 0.559. The second-order valence-corrected chi connectivity index (χ2v) is 8.76. The molecule has 1 fully saturated rings. The summed E-state index contributed by atoms with van der Waals surface area (Å²) < 4.78 is 1.06. The maximum absolute atomic E-state index is 12.6. The molecule has 0 bridgehead atoms. The number of anilines is 3. The van der Waals surface area contributed by atoms with Gasteiger partial charge in [0, 0.05) is 55.4 Å². The van der Waals surface area contributed by atoms with Crippen LogP contribution in [0.5, 0.6) is 0 Å². The van der Waals surface area contributed by atoms with Gasteiger partial charge in [0.15, 0.2) is 5.13 Å². The normalized spacial score (nSPS) is 14.1. The Kier molecular flexibility index (Phi) is 5.97. The van der Waals surface area contributed by atoms with Crippen molar-refractivity contribution in [2.24, 2.45) is 0 Å².